The molecule has 0 amide bonds. The largest absolute Gasteiger partial charge is 0.270 e. The van der Waals surface area contributed by atoms with Crippen LogP contribution in [0.5, 0.6) is 0 Å². The van der Waals surface area contributed by atoms with E-state index in [-0.39, 0.29) is 6.61 Å². The Bertz CT molecular complexity index is 236. The summed E-state index contributed by atoms with van der Waals surface area (Å²) in [6, 6.07) is 0. The van der Waals surface area contributed by atoms with E-state index in [4.69, 9.17) is 6.42 Å². The number of hydrogen-bond donors (Lipinski definition) is 0. The molecule has 0 bridgehead atoms. The molecule has 0 spiro atoms. The van der Waals surface area contributed by atoms with Crippen molar-refractivity contribution < 1.29 is 12.6 Å². The van der Waals surface area contributed by atoms with Crippen molar-refractivity contribution in [2.75, 3.05) is 12.9 Å². The molecule has 0 aromatic carbocycles. The highest BCUT2D eigenvalue weighted by Gasteiger charge is 1.99. The first kappa shape index (κ1) is 11.5. The van der Waals surface area contributed by atoms with Gasteiger partial charge in [0.25, 0.3) is 10.1 Å². The van der Waals surface area contributed by atoms with Crippen LogP contribution in [-0.2, 0) is 14.3 Å². The van der Waals surface area contributed by atoms with Crippen LogP contribution < -0.4 is 0 Å². The average molecular weight is 190 g/mol. The van der Waals surface area contributed by atoms with E-state index in [2.05, 4.69) is 10.1 Å². The van der Waals surface area contributed by atoms with Gasteiger partial charge in [-0.25, -0.2) is 0 Å². The molecule has 0 saturated carbocycles. The fourth-order valence-corrected chi connectivity index (χ4v) is 1.14. The maximum atomic E-state index is 10.5. The highest BCUT2D eigenvalue weighted by atomic mass is 32.2. The molecular formula is C8H14O3S. The molecular weight excluding hydrogens is 176 g/mol. The van der Waals surface area contributed by atoms with Crippen LogP contribution in [-0.4, -0.2) is 21.3 Å². The van der Waals surface area contributed by atoms with Crippen molar-refractivity contribution in [3.8, 4) is 12.3 Å². The van der Waals surface area contributed by atoms with Crippen LogP contribution in [0.4, 0.5) is 0 Å². The Morgan fingerprint density at radius 3 is 2.50 bits per heavy atom. The topological polar surface area (TPSA) is 43.4 Å². The first-order valence-electron chi connectivity index (χ1n) is 3.84. The zero-order chi connectivity index (χ0) is 9.45. The van der Waals surface area contributed by atoms with Gasteiger partial charge in [0.1, 0.15) is 0 Å². The normalized spacial score (nSPS) is 11.0. The van der Waals surface area contributed by atoms with Gasteiger partial charge in [0.05, 0.1) is 12.9 Å². The summed E-state index contributed by atoms with van der Waals surface area (Å²) >= 11 is 0. The molecule has 0 aromatic heterocycles. The SMILES string of the molecule is C#CCCCCCOS(C)(=O)=O. The van der Waals surface area contributed by atoms with Crippen molar-refractivity contribution in [2.45, 2.75) is 25.7 Å². The summed E-state index contributed by atoms with van der Waals surface area (Å²) in [4.78, 5) is 0. The zero-order valence-electron chi connectivity index (χ0n) is 7.25. The second-order valence-corrected chi connectivity index (χ2v) is 4.18. The Hall–Kier alpha value is -0.530. The Balaban J connectivity index is 3.18. The van der Waals surface area contributed by atoms with Crippen LogP contribution in [0.3, 0.4) is 0 Å². The third-order valence-electron chi connectivity index (χ3n) is 1.26. The Kier molecular flexibility index (Phi) is 5.77. The van der Waals surface area contributed by atoms with Gasteiger partial charge in [-0.3, -0.25) is 4.18 Å². The first-order valence-corrected chi connectivity index (χ1v) is 5.66. The van der Waals surface area contributed by atoms with E-state index in [0.29, 0.717) is 0 Å². The summed E-state index contributed by atoms with van der Waals surface area (Å²) in [5, 5.41) is 0. The molecule has 0 radical (unpaired) electrons. The summed E-state index contributed by atoms with van der Waals surface area (Å²) in [7, 11) is -3.26. The van der Waals surface area contributed by atoms with Gasteiger partial charge in [0.15, 0.2) is 0 Å². The summed E-state index contributed by atoms with van der Waals surface area (Å²) in [5.41, 5.74) is 0. The lowest BCUT2D eigenvalue weighted by Gasteiger charge is -1.99. The van der Waals surface area contributed by atoms with Gasteiger partial charge in [-0.2, -0.15) is 8.42 Å². The van der Waals surface area contributed by atoms with Gasteiger partial charge in [-0.1, -0.05) is 6.42 Å². The van der Waals surface area contributed by atoms with E-state index in [1.54, 1.807) is 0 Å². The monoisotopic (exact) mass is 190 g/mol. The second-order valence-electron chi connectivity index (χ2n) is 2.54. The molecule has 3 nitrogen and oxygen atoms in total. The van der Waals surface area contributed by atoms with E-state index in [9.17, 15) is 8.42 Å². The molecule has 4 heteroatoms. The Morgan fingerprint density at radius 1 is 1.33 bits per heavy atom. The molecule has 0 aliphatic rings. The van der Waals surface area contributed by atoms with E-state index in [1.165, 1.54) is 0 Å². The predicted octanol–water partition coefficient (Wildman–Crippen LogP) is 1.16. The summed E-state index contributed by atoms with van der Waals surface area (Å²) in [5.74, 6) is 2.52. The molecule has 0 aromatic rings. The van der Waals surface area contributed by atoms with Crippen molar-refractivity contribution in [1.29, 1.82) is 0 Å². The van der Waals surface area contributed by atoms with Crippen molar-refractivity contribution in [2.24, 2.45) is 0 Å². The van der Waals surface area contributed by atoms with Crippen LogP contribution in [0.15, 0.2) is 0 Å². The lowest BCUT2D eigenvalue weighted by atomic mass is 10.2. The van der Waals surface area contributed by atoms with Gasteiger partial charge in [0, 0.05) is 6.42 Å². The molecule has 0 heterocycles. The van der Waals surface area contributed by atoms with Crippen LogP contribution in [0.1, 0.15) is 25.7 Å². The first-order chi connectivity index (χ1) is 5.56. The van der Waals surface area contributed by atoms with Crippen molar-refractivity contribution in [3.05, 3.63) is 0 Å². The Morgan fingerprint density at radius 2 is 2.00 bits per heavy atom. The van der Waals surface area contributed by atoms with Gasteiger partial charge < -0.3 is 0 Å². The van der Waals surface area contributed by atoms with E-state index >= 15 is 0 Å². The maximum absolute atomic E-state index is 10.5. The smallest absolute Gasteiger partial charge is 0.264 e. The standard InChI is InChI=1S/C8H14O3S/c1-3-4-5-6-7-8-11-12(2,9)10/h1H,4-8H2,2H3. The van der Waals surface area contributed by atoms with Gasteiger partial charge in [-0.05, 0) is 12.8 Å². The number of terminal acetylenes is 1. The third kappa shape index (κ3) is 9.47. The van der Waals surface area contributed by atoms with Crippen LogP contribution in [0.25, 0.3) is 0 Å². The minimum atomic E-state index is -3.26. The molecule has 0 atom stereocenters. The fourth-order valence-electron chi connectivity index (χ4n) is 0.716. The van der Waals surface area contributed by atoms with Gasteiger partial charge >= 0.3 is 0 Å². The molecule has 70 valence electrons. The highest BCUT2D eigenvalue weighted by molar-refractivity contribution is 7.85. The molecule has 12 heavy (non-hydrogen) atoms. The lowest BCUT2D eigenvalue weighted by molar-refractivity contribution is 0.311. The number of unbranched alkanes of at least 4 members (excludes halogenated alkanes) is 3. The van der Waals surface area contributed by atoms with Crippen LogP contribution >= 0.6 is 0 Å². The van der Waals surface area contributed by atoms with Gasteiger partial charge in [0.2, 0.25) is 0 Å². The molecule has 0 aliphatic heterocycles. The predicted molar refractivity (Wildman–Crippen MR) is 48.1 cm³/mol. The quantitative estimate of drug-likeness (QED) is 0.358. The third-order valence-corrected chi connectivity index (χ3v) is 1.86. The Labute approximate surface area is 74.2 Å². The van der Waals surface area contributed by atoms with Crippen LogP contribution in [0, 0.1) is 12.3 Å². The zero-order valence-corrected chi connectivity index (χ0v) is 8.06. The van der Waals surface area contributed by atoms with E-state index < -0.39 is 10.1 Å². The summed E-state index contributed by atoms with van der Waals surface area (Å²) < 4.78 is 25.5. The van der Waals surface area contributed by atoms with E-state index in [1.807, 2.05) is 0 Å². The van der Waals surface area contributed by atoms with Gasteiger partial charge in [-0.15, -0.1) is 12.3 Å². The van der Waals surface area contributed by atoms with Crippen molar-refractivity contribution >= 4 is 10.1 Å². The molecule has 0 aliphatic carbocycles. The highest BCUT2D eigenvalue weighted by Crippen LogP contribution is 2.00. The van der Waals surface area contributed by atoms with Crippen molar-refractivity contribution in [1.82, 2.24) is 0 Å². The molecule has 0 unspecified atom stereocenters. The number of hydrogen-bond acceptors (Lipinski definition) is 3. The molecule has 0 N–H and O–H groups in total. The summed E-state index contributed by atoms with van der Waals surface area (Å²) in [6.45, 7) is 0.267. The minimum absolute atomic E-state index is 0.267. The second kappa shape index (κ2) is 6.04. The molecule has 0 saturated heterocycles. The minimum Gasteiger partial charge on any atom is -0.270 e. The lowest BCUT2D eigenvalue weighted by Crippen LogP contribution is -2.03. The number of rotatable bonds is 6. The molecule has 0 rings (SSSR count). The molecule has 0 fully saturated rings. The van der Waals surface area contributed by atoms with Crippen LogP contribution in [0.2, 0.25) is 0 Å². The van der Waals surface area contributed by atoms with E-state index in [0.717, 1.165) is 31.9 Å². The summed E-state index contributed by atoms with van der Waals surface area (Å²) in [6.07, 6.45) is 9.43. The average Bonchev–Trinajstić information content (AvgIpc) is 1.94. The fraction of sp³-hybridized carbons (Fsp3) is 0.750. The maximum Gasteiger partial charge on any atom is 0.264 e. The van der Waals surface area contributed by atoms with Crippen molar-refractivity contribution in [3.63, 3.8) is 0 Å².